The molecule has 4 aromatic rings. The summed E-state index contributed by atoms with van der Waals surface area (Å²) in [6, 6.07) is 22.7. The van der Waals surface area contributed by atoms with Gasteiger partial charge in [0, 0.05) is 13.0 Å². The van der Waals surface area contributed by atoms with Gasteiger partial charge in [0.2, 0.25) is 0 Å². The minimum atomic E-state index is -0.494. The van der Waals surface area contributed by atoms with Gasteiger partial charge in [0.1, 0.15) is 24.0 Å². The molecule has 0 aliphatic carbocycles. The van der Waals surface area contributed by atoms with Crippen molar-refractivity contribution < 1.29 is 13.9 Å². The van der Waals surface area contributed by atoms with Crippen LogP contribution in [0.4, 0.5) is 4.39 Å². The van der Waals surface area contributed by atoms with E-state index in [4.69, 9.17) is 9.72 Å². The molecule has 194 valence electrons. The van der Waals surface area contributed by atoms with E-state index in [-0.39, 0.29) is 11.5 Å². The van der Waals surface area contributed by atoms with Gasteiger partial charge >= 0.3 is 0 Å². The van der Waals surface area contributed by atoms with E-state index < -0.39 is 5.82 Å². The summed E-state index contributed by atoms with van der Waals surface area (Å²) in [6.45, 7) is 6.25. The molecule has 0 fully saturated rings. The summed E-state index contributed by atoms with van der Waals surface area (Å²) in [6.07, 6.45) is 4.70. The van der Waals surface area contributed by atoms with E-state index in [0.717, 1.165) is 61.3 Å². The number of carbonyl (C=O) groups is 1. The number of amides is 1. The number of benzene rings is 3. The highest BCUT2D eigenvalue weighted by Crippen LogP contribution is 2.22. The van der Waals surface area contributed by atoms with E-state index >= 15 is 0 Å². The van der Waals surface area contributed by atoms with Crippen molar-refractivity contribution in [3.05, 3.63) is 95.6 Å². The number of hydrogen-bond donors (Lipinski definition) is 1. The van der Waals surface area contributed by atoms with Crippen LogP contribution in [0.2, 0.25) is 0 Å². The SMILES string of the molecule is CCC(C)c1ccc(OCCn2c(CCCCCNC(=O)c3ccccc3F)nc3ccccc32)cc1. The first-order valence-corrected chi connectivity index (χ1v) is 13.3. The Morgan fingerprint density at radius 1 is 1.00 bits per heavy atom. The van der Waals surface area contributed by atoms with Crippen molar-refractivity contribution in [2.45, 2.75) is 58.4 Å². The highest BCUT2D eigenvalue weighted by atomic mass is 19.1. The predicted molar refractivity (Wildman–Crippen MR) is 147 cm³/mol. The zero-order valence-electron chi connectivity index (χ0n) is 21.8. The zero-order chi connectivity index (χ0) is 26.0. The third kappa shape index (κ3) is 6.97. The minimum Gasteiger partial charge on any atom is -0.492 e. The maximum atomic E-state index is 13.7. The Hall–Kier alpha value is -3.67. The molecule has 0 aliphatic heterocycles. The molecule has 0 bridgehead atoms. The molecule has 1 heterocycles. The van der Waals surface area contributed by atoms with Crippen molar-refractivity contribution in [3.63, 3.8) is 0 Å². The first-order valence-electron chi connectivity index (χ1n) is 13.3. The number of hydrogen-bond acceptors (Lipinski definition) is 3. The Bertz CT molecular complexity index is 1300. The third-order valence-corrected chi connectivity index (χ3v) is 6.86. The van der Waals surface area contributed by atoms with Gasteiger partial charge in [-0.05, 0) is 67.1 Å². The number of unbranched alkanes of at least 4 members (excludes halogenated alkanes) is 2. The lowest BCUT2D eigenvalue weighted by molar-refractivity contribution is 0.0949. The number of nitrogens with zero attached hydrogens (tertiary/aromatic N) is 2. The molecule has 0 radical (unpaired) electrons. The summed E-state index contributed by atoms with van der Waals surface area (Å²) >= 11 is 0. The van der Waals surface area contributed by atoms with Crippen molar-refractivity contribution >= 4 is 16.9 Å². The number of halogens is 1. The maximum Gasteiger partial charge on any atom is 0.254 e. The third-order valence-electron chi connectivity index (χ3n) is 6.86. The van der Waals surface area contributed by atoms with E-state index in [1.807, 2.05) is 18.2 Å². The number of aromatic nitrogens is 2. The molecule has 1 atom stereocenters. The van der Waals surface area contributed by atoms with Gasteiger partial charge in [0.25, 0.3) is 5.91 Å². The number of aryl methyl sites for hydroxylation is 1. The molecule has 1 aromatic heterocycles. The van der Waals surface area contributed by atoms with Crippen molar-refractivity contribution in [2.75, 3.05) is 13.2 Å². The molecule has 1 amide bonds. The fraction of sp³-hybridized carbons (Fsp3) is 0.355. The van der Waals surface area contributed by atoms with Crippen LogP contribution in [-0.2, 0) is 13.0 Å². The zero-order valence-corrected chi connectivity index (χ0v) is 21.8. The van der Waals surface area contributed by atoms with Crippen molar-refractivity contribution in [2.24, 2.45) is 0 Å². The largest absolute Gasteiger partial charge is 0.492 e. The van der Waals surface area contributed by atoms with Crippen LogP contribution in [0.1, 0.15) is 67.2 Å². The van der Waals surface area contributed by atoms with Crippen LogP contribution in [0.25, 0.3) is 11.0 Å². The van der Waals surface area contributed by atoms with E-state index in [9.17, 15) is 9.18 Å². The predicted octanol–water partition coefficient (Wildman–Crippen LogP) is 6.91. The van der Waals surface area contributed by atoms with Gasteiger partial charge in [0.15, 0.2) is 0 Å². The molecule has 0 saturated heterocycles. The topological polar surface area (TPSA) is 56.1 Å². The van der Waals surface area contributed by atoms with E-state index in [0.29, 0.717) is 19.1 Å². The Morgan fingerprint density at radius 2 is 1.76 bits per heavy atom. The summed E-state index contributed by atoms with van der Waals surface area (Å²) in [4.78, 5) is 17.0. The quantitative estimate of drug-likeness (QED) is 0.203. The van der Waals surface area contributed by atoms with Gasteiger partial charge in [-0.15, -0.1) is 0 Å². The number of imidazole rings is 1. The fourth-order valence-electron chi connectivity index (χ4n) is 4.48. The second-order valence-corrected chi connectivity index (χ2v) is 9.44. The van der Waals surface area contributed by atoms with Crippen LogP contribution in [0.5, 0.6) is 5.75 Å². The summed E-state index contributed by atoms with van der Waals surface area (Å²) in [5.41, 5.74) is 3.53. The van der Waals surface area contributed by atoms with Crippen LogP contribution in [0.3, 0.4) is 0 Å². The highest BCUT2D eigenvalue weighted by Gasteiger charge is 2.12. The molecular formula is C31H36FN3O2. The summed E-state index contributed by atoms with van der Waals surface area (Å²) in [7, 11) is 0. The lowest BCUT2D eigenvalue weighted by Gasteiger charge is -2.13. The average Bonchev–Trinajstić information content (AvgIpc) is 3.28. The monoisotopic (exact) mass is 501 g/mol. The normalized spacial score (nSPS) is 12.0. The van der Waals surface area contributed by atoms with Crippen LogP contribution in [0.15, 0.2) is 72.8 Å². The molecule has 3 aromatic carbocycles. The Kier molecular flexibility index (Phi) is 9.30. The van der Waals surface area contributed by atoms with Gasteiger partial charge in [0.05, 0.1) is 23.1 Å². The molecule has 1 N–H and O–H groups in total. The molecule has 0 saturated carbocycles. The van der Waals surface area contributed by atoms with Gasteiger partial charge < -0.3 is 14.6 Å². The molecule has 1 unspecified atom stereocenters. The number of fused-ring (bicyclic) bond motifs is 1. The number of ether oxygens (including phenoxy) is 1. The van der Waals surface area contributed by atoms with Gasteiger partial charge in [-0.2, -0.15) is 0 Å². The Morgan fingerprint density at radius 3 is 2.54 bits per heavy atom. The van der Waals surface area contributed by atoms with Crippen LogP contribution in [0, 0.1) is 5.82 Å². The molecule has 6 heteroatoms. The first-order chi connectivity index (χ1) is 18.1. The van der Waals surface area contributed by atoms with Crippen LogP contribution < -0.4 is 10.1 Å². The Balaban J connectivity index is 1.27. The number of carbonyl (C=O) groups excluding carboxylic acids is 1. The maximum absolute atomic E-state index is 13.7. The van der Waals surface area contributed by atoms with Gasteiger partial charge in [-0.25, -0.2) is 9.37 Å². The second-order valence-electron chi connectivity index (χ2n) is 9.44. The molecule has 0 spiro atoms. The lowest BCUT2D eigenvalue weighted by atomic mass is 9.99. The van der Waals surface area contributed by atoms with Crippen molar-refractivity contribution in [3.8, 4) is 5.75 Å². The summed E-state index contributed by atoms with van der Waals surface area (Å²) in [5.74, 6) is 1.63. The number of rotatable bonds is 13. The second kappa shape index (κ2) is 13.0. The van der Waals surface area contributed by atoms with Crippen molar-refractivity contribution in [1.82, 2.24) is 14.9 Å². The van der Waals surface area contributed by atoms with E-state index in [1.54, 1.807) is 12.1 Å². The van der Waals surface area contributed by atoms with Gasteiger partial charge in [-0.1, -0.05) is 56.7 Å². The highest BCUT2D eigenvalue weighted by molar-refractivity contribution is 5.94. The first kappa shape index (κ1) is 26.4. The molecule has 0 aliphatic rings. The molecule has 5 nitrogen and oxygen atoms in total. The smallest absolute Gasteiger partial charge is 0.254 e. The standard InChI is InChI=1S/C31H36FN3O2/c1-3-23(2)24-16-18-25(19-17-24)37-22-21-35-29-14-9-8-13-28(29)34-30(35)15-5-4-10-20-33-31(36)26-11-6-7-12-27(26)32/h6-9,11-14,16-19,23H,3-5,10,15,20-22H2,1-2H3,(H,33,36). The minimum absolute atomic E-state index is 0.0879. The van der Waals surface area contributed by atoms with Crippen LogP contribution >= 0.6 is 0 Å². The molecule has 4 rings (SSSR count). The average molecular weight is 502 g/mol. The number of para-hydroxylation sites is 2. The molecular weight excluding hydrogens is 465 g/mol. The summed E-state index contributed by atoms with van der Waals surface area (Å²) < 4.78 is 22.1. The van der Waals surface area contributed by atoms with Crippen LogP contribution in [-0.4, -0.2) is 28.6 Å². The van der Waals surface area contributed by atoms with Gasteiger partial charge in [-0.3, -0.25) is 4.79 Å². The number of nitrogens with one attached hydrogen (secondary N) is 1. The van der Waals surface area contributed by atoms with E-state index in [1.165, 1.54) is 17.7 Å². The fourth-order valence-corrected chi connectivity index (χ4v) is 4.48. The molecule has 37 heavy (non-hydrogen) atoms. The van der Waals surface area contributed by atoms with Crippen molar-refractivity contribution in [1.29, 1.82) is 0 Å². The van der Waals surface area contributed by atoms with E-state index in [2.05, 4.69) is 54.1 Å². The lowest BCUT2D eigenvalue weighted by Crippen LogP contribution is -2.25. The Labute approximate surface area is 218 Å². The summed E-state index contributed by atoms with van der Waals surface area (Å²) in [5, 5.41) is 2.81.